The Morgan fingerprint density at radius 1 is 1.15 bits per heavy atom. The van der Waals surface area contributed by atoms with Crippen molar-refractivity contribution in [2.24, 2.45) is 0 Å². The molecule has 0 saturated carbocycles. The molecule has 0 bridgehead atoms. The molecule has 138 valence electrons. The third-order valence-corrected chi connectivity index (χ3v) is 5.24. The molecule has 0 aromatic heterocycles. The van der Waals surface area contributed by atoms with Crippen LogP contribution in [0.2, 0.25) is 5.02 Å². The molecular weight excluding hydrogens is 395 g/mol. The highest BCUT2D eigenvalue weighted by atomic mass is 35.5. The minimum Gasteiger partial charge on any atom is -0.360 e. The fourth-order valence-electron chi connectivity index (χ4n) is 2.36. The smallest absolute Gasteiger partial charge is 0.360 e. The Balaban J connectivity index is 1.90. The second-order valence-corrected chi connectivity index (χ2v) is 7.53. The highest BCUT2D eigenvalue weighted by Gasteiger charge is 2.37. The van der Waals surface area contributed by atoms with Gasteiger partial charge in [-0.05, 0) is 36.4 Å². The van der Waals surface area contributed by atoms with Crippen LogP contribution in [0, 0.1) is 0 Å². The number of hydrogen-bond donors (Lipinski definition) is 3. The topological polar surface area (TPSA) is 87.3 Å². The van der Waals surface area contributed by atoms with Crippen LogP contribution < -0.4 is 15.4 Å². The molecule has 1 atom stereocenters. The number of carbonyl (C=O) groups excluding carboxylic acids is 1. The molecular formula is C15H11ClF3N3O3S. The second-order valence-electron chi connectivity index (χ2n) is 5.41. The van der Waals surface area contributed by atoms with E-state index in [1.165, 1.54) is 12.1 Å². The van der Waals surface area contributed by atoms with Crippen LogP contribution in [0.1, 0.15) is 5.56 Å². The van der Waals surface area contributed by atoms with E-state index >= 15 is 0 Å². The summed E-state index contributed by atoms with van der Waals surface area (Å²) >= 11 is 5.80. The molecule has 0 fully saturated rings. The lowest BCUT2D eigenvalue weighted by Crippen LogP contribution is -2.51. The molecule has 1 aliphatic heterocycles. The van der Waals surface area contributed by atoms with Gasteiger partial charge in [0, 0.05) is 10.7 Å². The Bertz CT molecular complexity index is 980. The maximum absolute atomic E-state index is 12.8. The van der Waals surface area contributed by atoms with Crippen molar-refractivity contribution in [3.8, 4) is 0 Å². The highest BCUT2D eigenvalue weighted by molar-refractivity contribution is 7.89. The van der Waals surface area contributed by atoms with Gasteiger partial charge in [0.25, 0.3) is 5.91 Å². The SMILES string of the molecule is O=C(Nc1cccc(Cl)c1)C1Nc2cc(C(F)(F)F)ccc2S(=O)(=O)N1. The average molecular weight is 406 g/mol. The van der Waals surface area contributed by atoms with Crippen molar-refractivity contribution in [3.63, 3.8) is 0 Å². The van der Waals surface area contributed by atoms with E-state index in [9.17, 15) is 26.4 Å². The molecule has 26 heavy (non-hydrogen) atoms. The molecule has 6 nitrogen and oxygen atoms in total. The fourth-order valence-corrected chi connectivity index (χ4v) is 3.80. The van der Waals surface area contributed by atoms with E-state index in [-0.39, 0.29) is 10.6 Å². The van der Waals surface area contributed by atoms with Gasteiger partial charge in [-0.2, -0.15) is 17.9 Å². The van der Waals surface area contributed by atoms with Gasteiger partial charge in [-0.3, -0.25) is 4.79 Å². The van der Waals surface area contributed by atoms with Gasteiger partial charge in [0.1, 0.15) is 4.90 Å². The van der Waals surface area contributed by atoms with E-state index < -0.39 is 33.8 Å². The quantitative estimate of drug-likeness (QED) is 0.716. The van der Waals surface area contributed by atoms with Crippen LogP contribution in [0.15, 0.2) is 47.4 Å². The summed E-state index contributed by atoms with van der Waals surface area (Å²) in [7, 11) is -4.17. The van der Waals surface area contributed by atoms with E-state index in [1.54, 1.807) is 12.1 Å². The third-order valence-electron chi connectivity index (χ3n) is 3.52. The standard InChI is InChI=1S/C15H11ClF3N3O3S/c16-9-2-1-3-10(7-9)20-14(23)13-21-11-6-8(15(17,18)19)4-5-12(11)26(24,25)22-13/h1-7,13,21-22H,(H,20,23). The molecule has 1 amide bonds. The molecule has 0 spiro atoms. The predicted molar refractivity (Wildman–Crippen MR) is 89.3 cm³/mol. The number of halogens is 4. The van der Waals surface area contributed by atoms with Crippen LogP contribution in [0.25, 0.3) is 0 Å². The van der Waals surface area contributed by atoms with E-state index in [0.29, 0.717) is 22.8 Å². The van der Waals surface area contributed by atoms with E-state index in [4.69, 9.17) is 11.6 Å². The average Bonchev–Trinajstić information content (AvgIpc) is 2.52. The highest BCUT2D eigenvalue weighted by Crippen LogP contribution is 2.35. The molecule has 1 unspecified atom stereocenters. The van der Waals surface area contributed by atoms with Gasteiger partial charge in [-0.15, -0.1) is 0 Å². The Labute approximate surface area is 151 Å². The monoisotopic (exact) mass is 405 g/mol. The third kappa shape index (κ3) is 3.76. The van der Waals surface area contributed by atoms with Gasteiger partial charge in [0.2, 0.25) is 10.0 Å². The molecule has 2 aromatic rings. The lowest BCUT2D eigenvalue weighted by molar-refractivity contribution is -0.137. The summed E-state index contributed by atoms with van der Waals surface area (Å²) < 4.78 is 65.1. The minimum atomic E-state index is -4.65. The molecule has 0 saturated heterocycles. The van der Waals surface area contributed by atoms with Crippen molar-refractivity contribution < 1.29 is 26.4 Å². The Kier molecular flexibility index (Phi) is 4.59. The number of fused-ring (bicyclic) bond motifs is 1. The normalized spacial score (nSPS) is 18.5. The van der Waals surface area contributed by atoms with Gasteiger partial charge >= 0.3 is 6.18 Å². The first-order chi connectivity index (χ1) is 12.1. The number of carbonyl (C=O) groups is 1. The maximum atomic E-state index is 12.8. The maximum Gasteiger partial charge on any atom is 0.416 e. The number of amides is 1. The zero-order chi connectivity index (χ0) is 19.1. The van der Waals surface area contributed by atoms with E-state index in [1.807, 2.05) is 0 Å². The summed E-state index contributed by atoms with van der Waals surface area (Å²) in [4.78, 5) is 11.9. The number of hydrogen-bond acceptors (Lipinski definition) is 4. The lowest BCUT2D eigenvalue weighted by Gasteiger charge is -2.27. The zero-order valence-corrected chi connectivity index (χ0v) is 14.3. The van der Waals surface area contributed by atoms with Crippen LogP contribution in [0.3, 0.4) is 0 Å². The first kappa shape index (κ1) is 18.5. The van der Waals surface area contributed by atoms with Gasteiger partial charge in [-0.1, -0.05) is 17.7 Å². The largest absolute Gasteiger partial charge is 0.416 e. The Morgan fingerprint density at radius 2 is 1.88 bits per heavy atom. The van der Waals surface area contributed by atoms with Crippen LogP contribution >= 0.6 is 11.6 Å². The van der Waals surface area contributed by atoms with Gasteiger partial charge < -0.3 is 10.6 Å². The van der Waals surface area contributed by atoms with Crippen molar-refractivity contribution in [1.82, 2.24) is 4.72 Å². The van der Waals surface area contributed by atoms with E-state index in [2.05, 4.69) is 15.4 Å². The number of nitrogens with one attached hydrogen (secondary N) is 3. The minimum absolute atomic E-state index is 0.304. The first-order valence-electron chi connectivity index (χ1n) is 7.13. The molecule has 3 N–H and O–H groups in total. The summed E-state index contributed by atoms with van der Waals surface area (Å²) in [5, 5.41) is 5.24. The summed E-state index contributed by atoms with van der Waals surface area (Å²) in [5.74, 6) is -0.807. The summed E-state index contributed by atoms with van der Waals surface area (Å²) in [5.41, 5.74) is -1.04. The number of alkyl halides is 3. The van der Waals surface area contributed by atoms with Gasteiger partial charge in [-0.25, -0.2) is 8.42 Å². The zero-order valence-electron chi connectivity index (χ0n) is 12.8. The second kappa shape index (κ2) is 6.45. The van der Waals surface area contributed by atoms with Crippen LogP contribution in [-0.2, 0) is 21.0 Å². The molecule has 0 radical (unpaired) electrons. The van der Waals surface area contributed by atoms with Crippen molar-refractivity contribution >= 4 is 38.9 Å². The molecule has 1 heterocycles. The number of rotatable bonds is 2. The van der Waals surface area contributed by atoms with Crippen molar-refractivity contribution in [2.75, 3.05) is 10.6 Å². The molecule has 2 aromatic carbocycles. The van der Waals surface area contributed by atoms with Crippen LogP contribution in [0.5, 0.6) is 0 Å². The fraction of sp³-hybridized carbons (Fsp3) is 0.133. The summed E-state index contributed by atoms with van der Waals surface area (Å²) in [6.45, 7) is 0. The molecule has 11 heteroatoms. The lowest BCUT2D eigenvalue weighted by atomic mass is 10.2. The predicted octanol–water partition coefficient (Wildman–Crippen LogP) is 3.03. The van der Waals surface area contributed by atoms with Gasteiger partial charge in [0.05, 0.1) is 11.3 Å². The Hall–Kier alpha value is -2.30. The number of sulfonamides is 1. The molecule has 0 aliphatic carbocycles. The van der Waals surface area contributed by atoms with Crippen LogP contribution in [-0.4, -0.2) is 20.5 Å². The molecule has 3 rings (SSSR count). The summed E-state index contributed by atoms with van der Waals surface area (Å²) in [6.07, 6.45) is -6.14. The Morgan fingerprint density at radius 3 is 2.54 bits per heavy atom. The van der Waals surface area contributed by atoms with Gasteiger partial charge in [0.15, 0.2) is 6.17 Å². The molecule has 1 aliphatic rings. The number of benzene rings is 2. The first-order valence-corrected chi connectivity index (χ1v) is 8.99. The van der Waals surface area contributed by atoms with E-state index in [0.717, 1.165) is 6.07 Å². The summed E-state index contributed by atoms with van der Waals surface area (Å²) in [6, 6.07) is 8.25. The van der Waals surface area contributed by atoms with Crippen molar-refractivity contribution in [1.29, 1.82) is 0 Å². The van der Waals surface area contributed by atoms with Crippen molar-refractivity contribution in [2.45, 2.75) is 17.2 Å². The van der Waals surface area contributed by atoms with Crippen molar-refractivity contribution in [3.05, 3.63) is 53.1 Å². The number of anilines is 2. The van der Waals surface area contributed by atoms with Crippen LogP contribution in [0.4, 0.5) is 24.5 Å².